The van der Waals surface area contributed by atoms with Crippen LogP contribution in [0.25, 0.3) is 0 Å². The molecule has 0 atom stereocenters. The lowest BCUT2D eigenvalue weighted by atomic mass is 10.1. The van der Waals surface area contributed by atoms with Crippen molar-refractivity contribution in [1.29, 1.82) is 0 Å². The second-order valence-electron chi connectivity index (χ2n) is 6.43. The van der Waals surface area contributed by atoms with Crippen LogP contribution in [0.3, 0.4) is 0 Å². The van der Waals surface area contributed by atoms with E-state index in [1.807, 2.05) is 30.1 Å². The van der Waals surface area contributed by atoms with Gasteiger partial charge in [0, 0.05) is 32.4 Å². The van der Waals surface area contributed by atoms with Gasteiger partial charge in [-0.2, -0.15) is 17.5 Å². The van der Waals surface area contributed by atoms with Gasteiger partial charge in [-0.25, -0.2) is 13.4 Å². The molecule has 3 rings (SSSR count). The molecule has 1 aliphatic heterocycles. The average molecular weight is 399 g/mol. The second kappa shape index (κ2) is 7.47. The van der Waals surface area contributed by atoms with Crippen LogP contribution >= 0.6 is 0 Å². The summed E-state index contributed by atoms with van der Waals surface area (Å²) in [6.07, 6.45) is -2.01. The van der Waals surface area contributed by atoms with E-state index in [2.05, 4.69) is 4.98 Å². The van der Waals surface area contributed by atoms with Gasteiger partial charge >= 0.3 is 6.18 Å². The van der Waals surface area contributed by atoms with Crippen molar-refractivity contribution in [3.05, 3.63) is 54.2 Å². The SMILES string of the molecule is CN(c1ccccn1)C1CCN(S(=O)(=O)c2ccccc2C(F)(F)F)CC1. The summed E-state index contributed by atoms with van der Waals surface area (Å²) in [6.45, 7) is 0.326. The Bertz CT molecular complexity index is 880. The lowest BCUT2D eigenvalue weighted by molar-refractivity contribution is -0.139. The minimum absolute atomic E-state index is 0.0733. The molecule has 0 spiro atoms. The third-order valence-corrected chi connectivity index (χ3v) is 6.75. The Morgan fingerprint density at radius 2 is 1.70 bits per heavy atom. The molecule has 146 valence electrons. The number of sulfonamides is 1. The number of nitrogens with zero attached hydrogens (tertiary/aromatic N) is 3. The number of anilines is 1. The first-order valence-corrected chi connectivity index (χ1v) is 9.95. The van der Waals surface area contributed by atoms with Gasteiger partial charge in [-0.05, 0) is 37.1 Å². The number of hydrogen-bond donors (Lipinski definition) is 0. The van der Waals surface area contributed by atoms with Gasteiger partial charge in [-0.3, -0.25) is 0 Å². The third-order valence-electron chi connectivity index (χ3n) is 4.79. The zero-order valence-electron chi connectivity index (χ0n) is 14.7. The van der Waals surface area contributed by atoms with Gasteiger partial charge in [-0.1, -0.05) is 18.2 Å². The van der Waals surface area contributed by atoms with Gasteiger partial charge in [0.05, 0.1) is 10.5 Å². The highest BCUT2D eigenvalue weighted by molar-refractivity contribution is 7.89. The van der Waals surface area contributed by atoms with Crippen LogP contribution in [-0.4, -0.2) is 43.9 Å². The maximum absolute atomic E-state index is 13.2. The molecule has 2 aromatic rings. The van der Waals surface area contributed by atoms with Gasteiger partial charge in [0.25, 0.3) is 0 Å². The molecule has 1 aromatic heterocycles. The number of benzene rings is 1. The molecule has 0 amide bonds. The van der Waals surface area contributed by atoms with E-state index in [1.165, 1.54) is 12.1 Å². The van der Waals surface area contributed by atoms with Crippen molar-refractivity contribution in [2.75, 3.05) is 25.0 Å². The van der Waals surface area contributed by atoms with E-state index in [9.17, 15) is 21.6 Å². The van der Waals surface area contributed by atoms with Gasteiger partial charge in [0.1, 0.15) is 5.82 Å². The van der Waals surface area contributed by atoms with E-state index in [4.69, 9.17) is 0 Å². The summed E-state index contributed by atoms with van der Waals surface area (Å²) in [6, 6.07) is 9.93. The Morgan fingerprint density at radius 3 is 2.30 bits per heavy atom. The topological polar surface area (TPSA) is 53.5 Å². The summed E-state index contributed by atoms with van der Waals surface area (Å²) in [5, 5.41) is 0. The molecule has 9 heteroatoms. The zero-order valence-corrected chi connectivity index (χ0v) is 15.5. The molecule has 1 fully saturated rings. The van der Waals surface area contributed by atoms with Crippen LogP contribution in [0, 0.1) is 0 Å². The van der Waals surface area contributed by atoms with E-state index in [1.54, 1.807) is 6.20 Å². The predicted octanol–water partition coefficient (Wildman–Crippen LogP) is 3.39. The Kier molecular flexibility index (Phi) is 5.43. The van der Waals surface area contributed by atoms with E-state index in [0.717, 1.165) is 22.3 Å². The molecule has 0 saturated carbocycles. The highest BCUT2D eigenvalue weighted by atomic mass is 32.2. The number of pyridine rings is 1. The van der Waals surface area contributed by atoms with Crippen LogP contribution in [0.1, 0.15) is 18.4 Å². The molecule has 1 aliphatic rings. The molecule has 1 saturated heterocycles. The lowest BCUT2D eigenvalue weighted by Gasteiger charge is -2.36. The summed E-state index contributed by atoms with van der Waals surface area (Å²) in [7, 11) is -2.33. The minimum atomic E-state index is -4.72. The normalized spacial score (nSPS) is 17.0. The number of piperidine rings is 1. The first-order valence-electron chi connectivity index (χ1n) is 8.51. The Hall–Kier alpha value is -2.13. The summed E-state index contributed by atoms with van der Waals surface area (Å²) in [5.74, 6) is 0.779. The number of rotatable bonds is 4. The van der Waals surface area contributed by atoms with Crippen molar-refractivity contribution < 1.29 is 21.6 Å². The second-order valence-corrected chi connectivity index (χ2v) is 8.33. The van der Waals surface area contributed by atoms with E-state index < -0.39 is 26.7 Å². The average Bonchev–Trinajstić information content (AvgIpc) is 2.67. The van der Waals surface area contributed by atoms with E-state index >= 15 is 0 Å². The molecule has 5 nitrogen and oxygen atoms in total. The van der Waals surface area contributed by atoms with Crippen molar-refractivity contribution in [1.82, 2.24) is 9.29 Å². The third kappa shape index (κ3) is 4.08. The largest absolute Gasteiger partial charge is 0.417 e. The molecule has 0 aliphatic carbocycles. The van der Waals surface area contributed by atoms with Crippen LogP contribution in [0.5, 0.6) is 0 Å². The quantitative estimate of drug-likeness (QED) is 0.791. The lowest BCUT2D eigenvalue weighted by Crippen LogP contribution is -2.46. The summed E-state index contributed by atoms with van der Waals surface area (Å²) >= 11 is 0. The molecular formula is C18H20F3N3O2S. The highest BCUT2D eigenvalue weighted by Gasteiger charge is 2.39. The number of hydrogen-bond acceptors (Lipinski definition) is 4. The Labute approximate surface area is 156 Å². The number of aromatic nitrogens is 1. The highest BCUT2D eigenvalue weighted by Crippen LogP contribution is 2.36. The fraction of sp³-hybridized carbons (Fsp3) is 0.389. The fourth-order valence-corrected chi connectivity index (χ4v) is 4.97. The van der Waals surface area contributed by atoms with Crippen LogP contribution in [0.2, 0.25) is 0 Å². The summed E-state index contributed by atoms with van der Waals surface area (Å²) < 4.78 is 66.4. The summed E-state index contributed by atoms with van der Waals surface area (Å²) in [5.41, 5.74) is -1.13. The minimum Gasteiger partial charge on any atom is -0.357 e. The van der Waals surface area contributed by atoms with Gasteiger partial charge in [0.15, 0.2) is 0 Å². The molecule has 0 radical (unpaired) electrons. The van der Waals surface area contributed by atoms with Crippen molar-refractivity contribution >= 4 is 15.8 Å². The molecule has 1 aromatic carbocycles. The Morgan fingerprint density at radius 1 is 1.07 bits per heavy atom. The maximum atomic E-state index is 13.2. The van der Waals surface area contributed by atoms with Crippen LogP contribution in [0.4, 0.5) is 19.0 Å². The maximum Gasteiger partial charge on any atom is 0.417 e. The van der Waals surface area contributed by atoms with E-state index in [-0.39, 0.29) is 19.1 Å². The van der Waals surface area contributed by atoms with Crippen LogP contribution < -0.4 is 4.90 Å². The number of alkyl halides is 3. The van der Waals surface area contributed by atoms with Gasteiger partial charge in [-0.15, -0.1) is 0 Å². The summed E-state index contributed by atoms with van der Waals surface area (Å²) in [4.78, 5) is 5.57. The number of halogens is 3. The van der Waals surface area contributed by atoms with Crippen molar-refractivity contribution in [3.8, 4) is 0 Å². The van der Waals surface area contributed by atoms with E-state index in [0.29, 0.717) is 12.8 Å². The van der Waals surface area contributed by atoms with Crippen molar-refractivity contribution in [2.45, 2.75) is 30.0 Å². The monoisotopic (exact) mass is 399 g/mol. The van der Waals surface area contributed by atoms with Gasteiger partial charge < -0.3 is 4.90 Å². The van der Waals surface area contributed by atoms with Gasteiger partial charge in [0.2, 0.25) is 10.0 Å². The zero-order chi connectivity index (χ0) is 19.7. The smallest absolute Gasteiger partial charge is 0.357 e. The van der Waals surface area contributed by atoms with Crippen molar-refractivity contribution in [2.24, 2.45) is 0 Å². The molecule has 0 N–H and O–H groups in total. The van der Waals surface area contributed by atoms with Crippen molar-refractivity contribution in [3.63, 3.8) is 0 Å². The molecular weight excluding hydrogens is 379 g/mol. The molecule has 0 bridgehead atoms. The first-order chi connectivity index (χ1) is 12.7. The van der Waals surface area contributed by atoms with Crippen LogP contribution in [0.15, 0.2) is 53.6 Å². The Balaban J connectivity index is 1.76. The molecule has 27 heavy (non-hydrogen) atoms. The van der Waals surface area contributed by atoms with Crippen LogP contribution in [-0.2, 0) is 16.2 Å². The molecule has 2 heterocycles. The predicted molar refractivity (Wildman–Crippen MR) is 95.9 cm³/mol. The fourth-order valence-electron chi connectivity index (χ4n) is 3.28. The standard InChI is InChI=1S/C18H20F3N3O2S/c1-23(17-8-4-5-11-22-17)14-9-12-24(13-10-14)27(25,26)16-7-3-2-6-15(16)18(19,20)21/h2-8,11,14H,9-10,12-13H2,1H3. The first kappa shape index (κ1) is 19.6. The molecule has 0 unspecified atom stereocenters.